The molecule has 0 bridgehead atoms. The predicted octanol–water partition coefficient (Wildman–Crippen LogP) is 2.91. The molecular formula is C14H26O3. The zero-order valence-corrected chi connectivity index (χ0v) is 11.4. The van der Waals surface area contributed by atoms with E-state index >= 15 is 0 Å². The first kappa shape index (κ1) is 14.5. The summed E-state index contributed by atoms with van der Waals surface area (Å²) >= 11 is 0. The van der Waals surface area contributed by atoms with Crippen LogP contribution in [0, 0.1) is 11.8 Å². The van der Waals surface area contributed by atoms with Gasteiger partial charge in [0.05, 0.1) is 18.1 Å². The highest BCUT2D eigenvalue weighted by molar-refractivity contribution is 5.74. The molecule has 17 heavy (non-hydrogen) atoms. The second-order valence-electron chi connectivity index (χ2n) is 5.23. The molecule has 3 nitrogen and oxygen atoms in total. The summed E-state index contributed by atoms with van der Waals surface area (Å²) in [6, 6.07) is 0. The maximum absolute atomic E-state index is 12.0. The van der Waals surface area contributed by atoms with Crippen LogP contribution >= 0.6 is 0 Å². The van der Waals surface area contributed by atoms with Crippen molar-refractivity contribution >= 4 is 5.97 Å². The quantitative estimate of drug-likeness (QED) is 0.754. The molecule has 1 saturated carbocycles. The lowest BCUT2D eigenvalue weighted by Gasteiger charge is -2.42. The van der Waals surface area contributed by atoms with Gasteiger partial charge in [-0.1, -0.05) is 33.1 Å². The number of rotatable bonds is 5. The first-order chi connectivity index (χ1) is 8.06. The van der Waals surface area contributed by atoms with Gasteiger partial charge in [-0.25, -0.2) is 0 Å². The molecule has 3 unspecified atom stereocenters. The second kappa shape index (κ2) is 6.39. The maximum atomic E-state index is 12.0. The van der Waals surface area contributed by atoms with Crippen LogP contribution in [-0.2, 0) is 9.53 Å². The smallest absolute Gasteiger partial charge is 0.311 e. The number of aliphatic hydroxyl groups is 1. The molecule has 3 atom stereocenters. The predicted molar refractivity (Wildman–Crippen MR) is 67.6 cm³/mol. The van der Waals surface area contributed by atoms with Crippen LogP contribution in [0.4, 0.5) is 0 Å². The molecule has 0 radical (unpaired) electrons. The number of carbonyl (C=O) groups excluding carboxylic acids is 1. The minimum atomic E-state index is -0.847. The lowest BCUT2D eigenvalue weighted by Crippen LogP contribution is -2.49. The van der Waals surface area contributed by atoms with Gasteiger partial charge in [0.1, 0.15) is 0 Å². The maximum Gasteiger partial charge on any atom is 0.311 e. The fourth-order valence-electron chi connectivity index (χ4n) is 2.98. The Labute approximate surface area is 105 Å². The summed E-state index contributed by atoms with van der Waals surface area (Å²) in [7, 11) is 0. The molecule has 0 heterocycles. The van der Waals surface area contributed by atoms with Crippen molar-refractivity contribution in [3.8, 4) is 0 Å². The fraction of sp³-hybridized carbons (Fsp3) is 0.929. The third kappa shape index (κ3) is 3.21. The van der Waals surface area contributed by atoms with Gasteiger partial charge in [0.15, 0.2) is 0 Å². The van der Waals surface area contributed by atoms with Gasteiger partial charge in [-0.2, -0.15) is 0 Å². The van der Waals surface area contributed by atoms with Crippen LogP contribution in [0.3, 0.4) is 0 Å². The van der Waals surface area contributed by atoms with Crippen molar-refractivity contribution in [3.63, 3.8) is 0 Å². The lowest BCUT2D eigenvalue weighted by molar-refractivity contribution is -0.167. The standard InChI is InChI=1S/C14H26O3/c1-4-8-12(13(15)17-5-2)14(16)10-7-6-9-11(14)3/h11-12,16H,4-10H2,1-3H3. The summed E-state index contributed by atoms with van der Waals surface area (Å²) in [5, 5.41) is 10.8. The number of ether oxygens (including phenoxy) is 1. The molecule has 0 amide bonds. The largest absolute Gasteiger partial charge is 0.466 e. The zero-order valence-electron chi connectivity index (χ0n) is 11.4. The van der Waals surface area contributed by atoms with E-state index in [2.05, 4.69) is 6.92 Å². The normalized spacial score (nSPS) is 30.9. The van der Waals surface area contributed by atoms with Crippen LogP contribution in [0.25, 0.3) is 0 Å². The monoisotopic (exact) mass is 242 g/mol. The zero-order chi connectivity index (χ0) is 12.9. The summed E-state index contributed by atoms with van der Waals surface area (Å²) in [6.07, 6.45) is 5.54. The molecule has 1 fully saturated rings. The molecule has 0 saturated heterocycles. The van der Waals surface area contributed by atoms with Crippen molar-refractivity contribution in [3.05, 3.63) is 0 Å². The first-order valence-corrected chi connectivity index (χ1v) is 6.95. The van der Waals surface area contributed by atoms with E-state index in [0.29, 0.717) is 6.61 Å². The highest BCUT2D eigenvalue weighted by Gasteiger charge is 2.46. The summed E-state index contributed by atoms with van der Waals surface area (Å²) in [5.41, 5.74) is -0.847. The molecule has 3 heteroatoms. The van der Waals surface area contributed by atoms with Gasteiger partial charge in [0.2, 0.25) is 0 Å². The topological polar surface area (TPSA) is 46.5 Å². The lowest BCUT2D eigenvalue weighted by atomic mass is 9.68. The van der Waals surface area contributed by atoms with Gasteiger partial charge in [0, 0.05) is 0 Å². The Morgan fingerprint density at radius 2 is 2.18 bits per heavy atom. The van der Waals surface area contributed by atoms with Crippen LogP contribution in [0.1, 0.15) is 59.3 Å². The van der Waals surface area contributed by atoms with Gasteiger partial charge < -0.3 is 9.84 Å². The van der Waals surface area contributed by atoms with E-state index in [1.807, 2.05) is 13.8 Å². The molecule has 1 aliphatic rings. The van der Waals surface area contributed by atoms with Gasteiger partial charge in [-0.15, -0.1) is 0 Å². The van der Waals surface area contributed by atoms with Crippen LogP contribution < -0.4 is 0 Å². The van der Waals surface area contributed by atoms with E-state index in [4.69, 9.17) is 4.74 Å². The van der Waals surface area contributed by atoms with E-state index in [0.717, 1.165) is 38.5 Å². The Bertz CT molecular complexity index is 252. The highest BCUT2D eigenvalue weighted by Crippen LogP contribution is 2.41. The minimum absolute atomic E-state index is 0.192. The molecular weight excluding hydrogens is 216 g/mol. The summed E-state index contributed by atoms with van der Waals surface area (Å²) in [4.78, 5) is 12.0. The van der Waals surface area contributed by atoms with Gasteiger partial charge in [0.25, 0.3) is 0 Å². The van der Waals surface area contributed by atoms with E-state index in [1.165, 1.54) is 0 Å². The molecule has 0 aromatic heterocycles. The van der Waals surface area contributed by atoms with Crippen LogP contribution in [0.15, 0.2) is 0 Å². The molecule has 0 aromatic carbocycles. The highest BCUT2D eigenvalue weighted by atomic mass is 16.5. The third-order valence-electron chi connectivity index (χ3n) is 4.07. The summed E-state index contributed by atoms with van der Waals surface area (Å²) in [5.74, 6) is -0.370. The number of esters is 1. The molecule has 1 N–H and O–H groups in total. The van der Waals surface area contributed by atoms with Crippen molar-refractivity contribution in [2.24, 2.45) is 11.8 Å². The Morgan fingerprint density at radius 1 is 1.47 bits per heavy atom. The summed E-state index contributed by atoms with van der Waals surface area (Å²) < 4.78 is 5.12. The Morgan fingerprint density at radius 3 is 2.71 bits per heavy atom. The van der Waals surface area contributed by atoms with Crippen molar-refractivity contribution in [2.75, 3.05) is 6.61 Å². The Hall–Kier alpha value is -0.570. The van der Waals surface area contributed by atoms with Crippen molar-refractivity contribution < 1.29 is 14.6 Å². The van der Waals surface area contributed by atoms with E-state index in [-0.39, 0.29) is 17.8 Å². The molecule has 0 aliphatic heterocycles. The molecule has 1 rings (SSSR count). The van der Waals surface area contributed by atoms with E-state index < -0.39 is 5.60 Å². The van der Waals surface area contributed by atoms with Crippen molar-refractivity contribution in [1.29, 1.82) is 0 Å². The Kier molecular flexibility index (Phi) is 5.44. The molecule has 0 spiro atoms. The first-order valence-electron chi connectivity index (χ1n) is 6.95. The van der Waals surface area contributed by atoms with Crippen LogP contribution in [0.2, 0.25) is 0 Å². The van der Waals surface area contributed by atoms with E-state index in [9.17, 15) is 9.90 Å². The summed E-state index contributed by atoms with van der Waals surface area (Å²) in [6.45, 7) is 6.31. The van der Waals surface area contributed by atoms with E-state index in [1.54, 1.807) is 0 Å². The van der Waals surface area contributed by atoms with Gasteiger partial charge in [-0.05, 0) is 32.1 Å². The SMILES string of the molecule is CCCC(C(=O)OCC)C1(O)CCCCC1C. The van der Waals surface area contributed by atoms with Crippen molar-refractivity contribution in [1.82, 2.24) is 0 Å². The second-order valence-corrected chi connectivity index (χ2v) is 5.23. The molecule has 100 valence electrons. The van der Waals surface area contributed by atoms with Gasteiger partial charge >= 0.3 is 5.97 Å². The van der Waals surface area contributed by atoms with Crippen LogP contribution in [0.5, 0.6) is 0 Å². The van der Waals surface area contributed by atoms with Crippen molar-refractivity contribution in [2.45, 2.75) is 64.9 Å². The molecule has 1 aliphatic carbocycles. The average molecular weight is 242 g/mol. The fourth-order valence-corrected chi connectivity index (χ4v) is 2.98. The minimum Gasteiger partial charge on any atom is -0.466 e. The Balaban J connectivity index is 2.83. The third-order valence-corrected chi connectivity index (χ3v) is 4.07. The van der Waals surface area contributed by atoms with Gasteiger partial charge in [-0.3, -0.25) is 4.79 Å². The molecule has 0 aromatic rings. The number of carbonyl (C=O) groups is 1. The van der Waals surface area contributed by atoms with Crippen LogP contribution in [-0.4, -0.2) is 23.3 Å². The number of hydrogen-bond donors (Lipinski definition) is 1. The number of hydrogen-bond acceptors (Lipinski definition) is 3. The average Bonchev–Trinajstić information content (AvgIpc) is 2.30.